The van der Waals surface area contributed by atoms with Gasteiger partial charge in [-0.05, 0) is 31.2 Å². The molecule has 1 atom stereocenters. The summed E-state index contributed by atoms with van der Waals surface area (Å²) >= 11 is 0. The molecule has 0 radical (unpaired) electrons. The van der Waals surface area contributed by atoms with Gasteiger partial charge in [0.2, 0.25) is 0 Å². The number of piperazine rings is 1. The van der Waals surface area contributed by atoms with Gasteiger partial charge in [0.1, 0.15) is 17.4 Å². The normalized spacial score (nSPS) is 21.6. The van der Waals surface area contributed by atoms with E-state index in [1.165, 1.54) is 0 Å². The quantitative estimate of drug-likeness (QED) is 0.884. The summed E-state index contributed by atoms with van der Waals surface area (Å²) in [4.78, 5) is 27.8. The van der Waals surface area contributed by atoms with Crippen molar-refractivity contribution in [3.05, 3.63) is 36.2 Å². The fraction of sp³-hybridized carbons (Fsp3) is 0.421. The third kappa shape index (κ3) is 3.74. The number of aliphatic imine (C=N–C) groups is 2. The monoisotopic (exact) mass is 368 g/mol. The molecule has 3 aliphatic heterocycles. The molecule has 0 bridgehead atoms. The first kappa shape index (κ1) is 17.4. The molecule has 1 aromatic carbocycles. The number of fused-ring (bicyclic) bond motifs is 1. The molecule has 1 unspecified atom stereocenters. The van der Waals surface area contributed by atoms with Crippen LogP contribution in [0.2, 0.25) is 0 Å². The lowest BCUT2D eigenvalue weighted by molar-refractivity contribution is 0.167. The standard InChI is InChI=1S/C19H24N6O2/c1-14-12-25-13-20-17(11-18(25)21-14)23-7-9-24(10-8-23)19(26)22-15-3-5-16(27-2)6-4-15/h3-6,11,13-14H,7-10,12H2,1-2H3,(H,22,26). The third-order valence-corrected chi connectivity index (χ3v) is 4.93. The summed E-state index contributed by atoms with van der Waals surface area (Å²) in [6, 6.07) is 7.56. The fourth-order valence-electron chi connectivity index (χ4n) is 3.42. The first-order valence-electron chi connectivity index (χ1n) is 9.17. The van der Waals surface area contributed by atoms with Crippen LogP contribution in [-0.4, -0.2) is 78.8 Å². The van der Waals surface area contributed by atoms with Crippen molar-refractivity contribution in [3.8, 4) is 5.75 Å². The van der Waals surface area contributed by atoms with Gasteiger partial charge in [0.05, 0.1) is 19.5 Å². The SMILES string of the molecule is COc1ccc(NC(=O)N2CCN(C3=CC4=NC(C)CN4C=N3)CC2)cc1. The number of hydrogen-bond acceptors (Lipinski definition) is 6. The average Bonchev–Trinajstić information content (AvgIpc) is 3.08. The zero-order valence-corrected chi connectivity index (χ0v) is 15.6. The van der Waals surface area contributed by atoms with Gasteiger partial charge >= 0.3 is 6.03 Å². The van der Waals surface area contributed by atoms with Crippen LogP contribution in [-0.2, 0) is 0 Å². The van der Waals surface area contributed by atoms with E-state index < -0.39 is 0 Å². The number of carbonyl (C=O) groups excluding carboxylic acids is 1. The van der Waals surface area contributed by atoms with Crippen molar-refractivity contribution in [1.29, 1.82) is 0 Å². The van der Waals surface area contributed by atoms with Crippen LogP contribution in [0.5, 0.6) is 5.75 Å². The van der Waals surface area contributed by atoms with Crippen molar-refractivity contribution in [2.45, 2.75) is 13.0 Å². The van der Waals surface area contributed by atoms with Gasteiger partial charge in [-0.1, -0.05) is 0 Å². The molecule has 8 heteroatoms. The Morgan fingerprint density at radius 2 is 1.93 bits per heavy atom. The van der Waals surface area contributed by atoms with Crippen LogP contribution < -0.4 is 10.1 Å². The smallest absolute Gasteiger partial charge is 0.321 e. The molecule has 8 nitrogen and oxygen atoms in total. The number of amidine groups is 1. The number of nitrogens with one attached hydrogen (secondary N) is 1. The summed E-state index contributed by atoms with van der Waals surface area (Å²) in [7, 11) is 1.62. The van der Waals surface area contributed by atoms with Crippen LogP contribution in [0.3, 0.4) is 0 Å². The minimum atomic E-state index is -0.0823. The Balaban J connectivity index is 1.32. The number of urea groups is 1. The minimum absolute atomic E-state index is 0.0823. The number of rotatable bonds is 3. The molecular weight excluding hydrogens is 344 g/mol. The van der Waals surface area contributed by atoms with E-state index in [4.69, 9.17) is 4.74 Å². The highest BCUT2D eigenvalue weighted by Gasteiger charge is 2.27. The van der Waals surface area contributed by atoms with Gasteiger partial charge in [0.25, 0.3) is 0 Å². The Morgan fingerprint density at radius 1 is 1.19 bits per heavy atom. The Kier molecular flexibility index (Phi) is 4.70. The molecule has 3 heterocycles. The van der Waals surface area contributed by atoms with Gasteiger partial charge in [0.15, 0.2) is 0 Å². The second-order valence-electron chi connectivity index (χ2n) is 6.87. The van der Waals surface area contributed by atoms with E-state index in [0.717, 1.165) is 42.7 Å². The Hall–Kier alpha value is -3.03. The van der Waals surface area contributed by atoms with Gasteiger partial charge in [-0.15, -0.1) is 0 Å². The Bertz CT molecular complexity index is 793. The number of hydrogen-bond donors (Lipinski definition) is 1. The summed E-state index contributed by atoms with van der Waals surface area (Å²) in [6.45, 7) is 5.81. The zero-order valence-electron chi connectivity index (χ0n) is 15.6. The van der Waals surface area contributed by atoms with E-state index in [-0.39, 0.29) is 6.03 Å². The lowest BCUT2D eigenvalue weighted by Crippen LogP contribution is -2.49. The topological polar surface area (TPSA) is 72.8 Å². The lowest BCUT2D eigenvalue weighted by Gasteiger charge is -2.36. The maximum Gasteiger partial charge on any atom is 0.321 e. The molecule has 0 aliphatic carbocycles. The van der Waals surface area contributed by atoms with Gasteiger partial charge in [-0.25, -0.2) is 9.79 Å². The van der Waals surface area contributed by atoms with Gasteiger partial charge in [-0.2, -0.15) is 0 Å². The highest BCUT2D eigenvalue weighted by Crippen LogP contribution is 2.19. The third-order valence-electron chi connectivity index (χ3n) is 4.93. The first-order valence-corrected chi connectivity index (χ1v) is 9.17. The van der Waals surface area contributed by atoms with E-state index in [0.29, 0.717) is 19.1 Å². The average molecular weight is 368 g/mol. The van der Waals surface area contributed by atoms with Gasteiger partial charge in [0, 0.05) is 44.5 Å². The maximum absolute atomic E-state index is 12.5. The van der Waals surface area contributed by atoms with Crippen LogP contribution in [0.1, 0.15) is 6.92 Å². The van der Waals surface area contributed by atoms with Crippen LogP contribution in [0.15, 0.2) is 46.1 Å². The summed E-state index contributed by atoms with van der Waals surface area (Å²) in [6.07, 6.45) is 3.90. The Morgan fingerprint density at radius 3 is 2.63 bits per heavy atom. The second kappa shape index (κ2) is 7.30. The molecule has 1 saturated heterocycles. The molecule has 142 valence electrons. The van der Waals surface area contributed by atoms with Crippen LogP contribution in [0.4, 0.5) is 10.5 Å². The van der Waals surface area contributed by atoms with Crippen molar-refractivity contribution < 1.29 is 9.53 Å². The molecule has 0 aromatic heterocycles. The van der Waals surface area contributed by atoms with Gasteiger partial charge < -0.3 is 24.8 Å². The second-order valence-corrected chi connectivity index (χ2v) is 6.87. The molecule has 0 saturated carbocycles. The van der Waals surface area contributed by atoms with Gasteiger partial charge in [-0.3, -0.25) is 4.99 Å². The number of carbonyl (C=O) groups is 1. The summed E-state index contributed by atoms with van der Waals surface area (Å²) < 4.78 is 5.14. The number of amides is 2. The fourth-order valence-corrected chi connectivity index (χ4v) is 3.42. The molecule has 3 aliphatic rings. The maximum atomic E-state index is 12.5. The molecule has 1 aromatic rings. The zero-order chi connectivity index (χ0) is 18.8. The van der Waals surface area contributed by atoms with E-state index in [1.54, 1.807) is 7.11 Å². The number of nitrogens with zero attached hydrogens (tertiary/aromatic N) is 5. The summed E-state index contributed by atoms with van der Waals surface area (Å²) in [5.41, 5.74) is 0.760. The molecular formula is C19H24N6O2. The molecule has 27 heavy (non-hydrogen) atoms. The van der Waals surface area contributed by atoms with E-state index >= 15 is 0 Å². The molecule has 0 spiro atoms. The van der Waals surface area contributed by atoms with Crippen molar-refractivity contribution >= 4 is 23.9 Å². The van der Waals surface area contributed by atoms with Crippen LogP contribution in [0, 0.1) is 0 Å². The highest BCUT2D eigenvalue weighted by molar-refractivity contribution is 6.03. The lowest BCUT2D eigenvalue weighted by atomic mass is 10.3. The number of benzene rings is 1. The predicted octanol–water partition coefficient (Wildman–Crippen LogP) is 1.83. The van der Waals surface area contributed by atoms with E-state index in [1.807, 2.05) is 41.6 Å². The van der Waals surface area contributed by atoms with Crippen molar-refractivity contribution in [3.63, 3.8) is 0 Å². The van der Waals surface area contributed by atoms with E-state index in [2.05, 4.69) is 32.0 Å². The number of anilines is 1. The largest absolute Gasteiger partial charge is 0.497 e. The van der Waals surface area contributed by atoms with Crippen molar-refractivity contribution in [1.82, 2.24) is 14.7 Å². The van der Waals surface area contributed by atoms with Crippen LogP contribution in [0.25, 0.3) is 0 Å². The van der Waals surface area contributed by atoms with E-state index in [9.17, 15) is 4.79 Å². The Labute approximate surface area is 158 Å². The molecule has 2 amide bonds. The van der Waals surface area contributed by atoms with Crippen molar-refractivity contribution in [2.75, 3.05) is 45.2 Å². The van der Waals surface area contributed by atoms with Crippen molar-refractivity contribution in [2.24, 2.45) is 9.98 Å². The molecule has 1 N–H and O–H groups in total. The highest BCUT2D eigenvalue weighted by atomic mass is 16.5. The van der Waals surface area contributed by atoms with Crippen LogP contribution >= 0.6 is 0 Å². The predicted molar refractivity (Wildman–Crippen MR) is 105 cm³/mol. The number of ether oxygens (including phenoxy) is 1. The minimum Gasteiger partial charge on any atom is -0.497 e. The summed E-state index contributed by atoms with van der Waals surface area (Å²) in [5, 5.41) is 2.94. The summed E-state index contributed by atoms with van der Waals surface area (Å²) in [5.74, 6) is 2.67. The molecule has 4 rings (SSSR count). The first-order chi connectivity index (χ1) is 13.1. The molecule has 1 fully saturated rings. The number of methoxy groups -OCH3 is 1.